The predicted molar refractivity (Wildman–Crippen MR) is 77.8 cm³/mol. The second-order valence-corrected chi connectivity index (χ2v) is 5.80. The van der Waals surface area contributed by atoms with Gasteiger partial charge in [0.25, 0.3) is 0 Å². The number of halogens is 1. The maximum Gasteiger partial charge on any atom is 0.229 e. The first-order chi connectivity index (χ1) is 9.49. The largest absolute Gasteiger partial charge is 0.342 e. The van der Waals surface area contributed by atoms with Crippen molar-refractivity contribution >= 4 is 5.91 Å². The Balaban J connectivity index is 1.98. The van der Waals surface area contributed by atoms with Gasteiger partial charge in [-0.3, -0.25) is 4.79 Å². The van der Waals surface area contributed by atoms with E-state index in [1.54, 1.807) is 12.1 Å². The number of amides is 1. The molecule has 1 aromatic carbocycles. The molecule has 0 aliphatic carbocycles. The van der Waals surface area contributed by atoms with Gasteiger partial charge >= 0.3 is 0 Å². The van der Waals surface area contributed by atoms with Gasteiger partial charge in [-0.15, -0.1) is 0 Å². The lowest BCUT2D eigenvalue weighted by Crippen LogP contribution is -2.43. The van der Waals surface area contributed by atoms with Crippen LogP contribution in [0.4, 0.5) is 4.39 Å². The molecule has 1 amide bonds. The predicted octanol–water partition coefficient (Wildman–Crippen LogP) is 2.52. The summed E-state index contributed by atoms with van der Waals surface area (Å²) >= 11 is 0. The van der Waals surface area contributed by atoms with Crippen LogP contribution in [0.1, 0.15) is 38.2 Å². The Hall–Kier alpha value is -1.42. The summed E-state index contributed by atoms with van der Waals surface area (Å²) in [6.07, 6.45) is 1.92. The van der Waals surface area contributed by atoms with E-state index in [-0.39, 0.29) is 23.7 Å². The van der Waals surface area contributed by atoms with Crippen LogP contribution in [0.2, 0.25) is 0 Å². The standard InChI is InChI=1S/C16H23FN2O/c1-11(14-4-3-5-15(17)10-14)16(20)19-8-6-13(7-9-19)12(2)18/h3-5,10-13H,6-9,18H2,1-2H3. The number of hydrogen-bond donors (Lipinski definition) is 1. The van der Waals surface area contributed by atoms with Crippen LogP contribution >= 0.6 is 0 Å². The van der Waals surface area contributed by atoms with Crippen molar-refractivity contribution in [2.75, 3.05) is 13.1 Å². The van der Waals surface area contributed by atoms with Crippen molar-refractivity contribution in [2.45, 2.75) is 38.6 Å². The summed E-state index contributed by atoms with van der Waals surface area (Å²) in [4.78, 5) is 14.3. The monoisotopic (exact) mass is 278 g/mol. The molecule has 2 unspecified atom stereocenters. The van der Waals surface area contributed by atoms with Crippen molar-refractivity contribution in [3.05, 3.63) is 35.6 Å². The molecular weight excluding hydrogens is 255 g/mol. The highest BCUT2D eigenvalue weighted by atomic mass is 19.1. The fourth-order valence-electron chi connectivity index (χ4n) is 2.84. The minimum atomic E-state index is -0.294. The van der Waals surface area contributed by atoms with Crippen molar-refractivity contribution in [1.82, 2.24) is 4.90 Å². The number of carbonyl (C=O) groups is 1. The molecule has 0 radical (unpaired) electrons. The number of likely N-dealkylation sites (tertiary alicyclic amines) is 1. The summed E-state index contributed by atoms with van der Waals surface area (Å²) in [7, 11) is 0. The van der Waals surface area contributed by atoms with Gasteiger partial charge in [0.05, 0.1) is 5.92 Å². The lowest BCUT2D eigenvalue weighted by molar-refractivity contribution is -0.133. The maximum atomic E-state index is 13.2. The van der Waals surface area contributed by atoms with Gasteiger partial charge in [-0.1, -0.05) is 12.1 Å². The third kappa shape index (κ3) is 3.37. The highest BCUT2D eigenvalue weighted by Gasteiger charge is 2.28. The van der Waals surface area contributed by atoms with E-state index in [0.29, 0.717) is 5.92 Å². The Bertz CT molecular complexity index is 467. The molecule has 1 fully saturated rings. The van der Waals surface area contributed by atoms with Gasteiger partial charge in [-0.25, -0.2) is 4.39 Å². The molecule has 110 valence electrons. The van der Waals surface area contributed by atoms with E-state index >= 15 is 0 Å². The third-order valence-corrected chi connectivity index (χ3v) is 4.31. The van der Waals surface area contributed by atoms with Crippen LogP contribution in [-0.4, -0.2) is 29.9 Å². The van der Waals surface area contributed by atoms with E-state index in [2.05, 4.69) is 0 Å². The van der Waals surface area contributed by atoms with Crippen LogP contribution in [0.15, 0.2) is 24.3 Å². The van der Waals surface area contributed by atoms with Gasteiger partial charge in [-0.2, -0.15) is 0 Å². The molecule has 1 aliphatic rings. The van der Waals surface area contributed by atoms with Gasteiger partial charge in [0.15, 0.2) is 0 Å². The molecule has 3 nitrogen and oxygen atoms in total. The van der Waals surface area contributed by atoms with Crippen LogP contribution in [-0.2, 0) is 4.79 Å². The van der Waals surface area contributed by atoms with Crippen molar-refractivity contribution < 1.29 is 9.18 Å². The van der Waals surface area contributed by atoms with Crippen LogP contribution in [0.25, 0.3) is 0 Å². The van der Waals surface area contributed by atoms with Gasteiger partial charge in [-0.05, 0) is 50.3 Å². The average Bonchev–Trinajstić information content (AvgIpc) is 2.46. The lowest BCUT2D eigenvalue weighted by atomic mass is 9.90. The summed E-state index contributed by atoms with van der Waals surface area (Å²) in [6, 6.07) is 6.48. The molecule has 1 heterocycles. The minimum Gasteiger partial charge on any atom is -0.342 e. The zero-order valence-electron chi connectivity index (χ0n) is 12.2. The SMILES string of the molecule is CC(C(=O)N1CCC(C(C)N)CC1)c1cccc(F)c1. The van der Waals surface area contributed by atoms with E-state index in [1.165, 1.54) is 12.1 Å². The Morgan fingerprint density at radius 3 is 2.55 bits per heavy atom. The van der Waals surface area contributed by atoms with Gasteiger partial charge in [0.1, 0.15) is 5.82 Å². The summed E-state index contributed by atoms with van der Waals surface area (Å²) in [5.74, 6) is -0.00221. The van der Waals surface area contributed by atoms with Gasteiger partial charge < -0.3 is 10.6 Å². The molecule has 2 N–H and O–H groups in total. The smallest absolute Gasteiger partial charge is 0.229 e. The molecule has 0 spiro atoms. The first-order valence-electron chi connectivity index (χ1n) is 7.29. The van der Waals surface area contributed by atoms with Crippen LogP contribution < -0.4 is 5.73 Å². The summed E-state index contributed by atoms with van der Waals surface area (Å²) < 4.78 is 13.2. The molecule has 2 rings (SSSR count). The second-order valence-electron chi connectivity index (χ2n) is 5.80. The zero-order valence-corrected chi connectivity index (χ0v) is 12.2. The Morgan fingerprint density at radius 1 is 1.35 bits per heavy atom. The molecule has 0 bridgehead atoms. The topological polar surface area (TPSA) is 46.3 Å². The normalized spacial score (nSPS) is 19.7. The van der Waals surface area contributed by atoms with Crippen molar-refractivity contribution in [1.29, 1.82) is 0 Å². The molecule has 1 saturated heterocycles. The van der Waals surface area contributed by atoms with E-state index in [9.17, 15) is 9.18 Å². The third-order valence-electron chi connectivity index (χ3n) is 4.31. The molecule has 20 heavy (non-hydrogen) atoms. The fraction of sp³-hybridized carbons (Fsp3) is 0.562. The Morgan fingerprint density at radius 2 is 2.00 bits per heavy atom. The van der Waals surface area contributed by atoms with Crippen LogP contribution in [0, 0.1) is 11.7 Å². The van der Waals surface area contributed by atoms with Gasteiger partial charge in [0, 0.05) is 19.1 Å². The average molecular weight is 278 g/mol. The van der Waals surface area contributed by atoms with Crippen molar-refractivity contribution in [2.24, 2.45) is 11.7 Å². The fourth-order valence-corrected chi connectivity index (χ4v) is 2.84. The van der Waals surface area contributed by atoms with Crippen molar-refractivity contribution in [3.63, 3.8) is 0 Å². The van der Waals surface area contributed by atoms with E-state index in [0.717, 1.165) is 31.5 Å². The first kappa shape index (κ1) is 15.0. The van der Waals surface area contributed by atoms with Gasteiger partial charge in [0.2, 0.25) is 5.91 Å². The van der Waals surface area contributed by atoms with E-state index in [1.807, 2.05) is 18.7 Å². The van der Waals surface area contributed by atoms with Crippen LogP contribution in [0.5, 0.6) is 0 Å². The van der Waals surface area contributed by atoms with E-state index < -0.39 is 0 Å². The molecule has 0 saturated carbocycles. The summed E-state index contributed by atoms with van der Waals surface area (Å²) in [5.41, 5.74) is 6.65. The molecule has 2 atom stereocenters. The molecule has 0 aromatic heterocycles. The second kappa shape index (κ2) is 6.35. The van der Waals surface area contributed by atoms with Crippen LogP contribution in [0.3, 0.4) is 0 Å². The number of hydrogen-bond acceptors (Lipinski definition) is 2. The zero-order chi connectivity index (χ0) is 14.7. The number of nitrogens with two attached hydrogens (primary N) is 1. The highest BCUT2D eigenvalue weighted by Crippen LogP contribution is 2.24. The molecule has 4 heteroatoms. The number of piperidine rings is 1. The summed E-state index contributed by atoms with van der Waals surface area (Å²) in [6.45, 7) is 5.38. The highest BCUT2D eigenvalue weighted by molar-refractivity contribution is 5.83. The molecular formula is C16H23FN2O. The molecule has 1 aromatic rings. The quantitative estimate of drug-likeness (QED) is 0.923. The number of nitrogens with zero attached hydrogens (tertiary/aromatic N) is 1. The van der Waals surface area contributed by atoms with Crippen molar-refractivity contribution in [3.8, 4) is 0 Å². The first-order valence-corrected chi connectivity index (χ1v) is 7.29. The number of carbonyl (C=O) groups excluding carboxylic acids is 1. The minimum absolute atomic E-state index is 0.0822. The lowest BCUT2D eigenvalue weighted by Gasteiger charge is -2.35. The number of benzene rings is 1. The molecule has 1 aliphatic heterocycles. The number of rotatable bonds is 3. The Labute approximate surface area is 120 Å². The Kier molecular flexibility index (Phi) is 4.76. The van der Waals surface area contributed by atoms with E-state index in [4.69, 9.17) is 5.73 Å². The summed E-state index contributed by atoms with van der Waals surface area (Å²) in [5, 5.41) is 0. The maximum absolute atomic E-state index is 13.2.